The van der Waals surface area contributed by atoms with Gasteiger partial charge in [-0.2, -0.15) is 0 Å². The molecule has 6 rings (SSSR count). The van der Waals surface area contributed by atoms with Gasteiger partial charge in [-0.1, -0.05) is 6.07 Å². The van der Waals surface area contributed by atoms with E-state index in [1.165, 1.54) is 30.1 Å². The molecule has 10 nitrogen and oxygen atoms in total. The first-order valence-electron chi connectivity index (χ1n) is 14.9. The number of benzene rings is 1. The van der Waals surface area contributed by atoms with Crippen LogP contribution in [0.5, 0.6) is 5.75 Å². The smallest absolute Gasteiger partial charge is 0.243 e. The second-order valence-electron chi connectivity index (χ2n) is 11.8. The van der Waals surface area contributed by atoms with Crippen LogP contribution in [0.4, 0.5) is 9.52 Å². The van der Waals surface area contributed by atoms with Gasteiger partial charge in [0.25, 0.3) is 0 Å². The molecule has 1 aliphatic carbocycles. The average Bonchev–Trinajstić information content (AvgIpc) is 3.68. The fourth-order valence-corrected chi connectivity index (χ4v) is 7.43. The Kier molecular flexibility index (Phi) is 8.98. The van der Waals surface area contributed by atoms with Gasteiger partial charge in [-0.05, 0) is 74.8 Å². The first kappa shape index (κ1) is 29.6. The third-order valence-electron chi connectivity index (χ3n) is 9.06. The zero-order chi connectivity index (χ0) is 29.9. The van der Waals surface area contributed by atoms with Crippen LogP contribution in [0.15, 0.2) is 48.1 Å². The maximum atomic E-state index is 15.0. The fraction of sp³-hybridized carbons (Fsp3) is 0.484. The van der Waals surface area contributed by atoms with Gasteiger partial charge in [0.15, 0.2) is 5.13 Å². The number of piperidine rings is 1. The number of rotatable bonds is 8. The molecule has 0 radical (unpaired) electrons. The molecule has 4 N–H and O–H groups in total. The van der Waals surface area contributed by atoms with Gasteiger partial charge >= 0.3 is 0 Å². The molecule has 2 amide bonds. The largest absolute Gasteiger partial charge is 0.496 e. The molecule has 2 saturated heterocycles. The Labute approximate surface area is 254 Å². The SMILES string of the molecule is COc1cccc(F)c1CN1C[C@H](NC(=O)C2CCC3NNC(c4ccnc(C)c4)C3C2)CC[C@H]1C(=O)Nc1nccs1. The van der Waals surface area contributed by atoms with E-state index in [4.69, 9.17) is 4.74 Å². The molecule has 2 aliphatic heterocycles. The highest BCUT2D eigenvalue weighted by atomic mass is 32.1. The number of aryl methyl sites for hydroxylation is 1. The maximum absolute atomic E-state index is 15.0. The van der Waals surface area contributed by atoms with E-state index in [1.807, 2.05) is 24.1 Å². The number of hydrazine groups is 1. The lowest BCUT2D eigenvalue weighted by molar-refractivity contribution is -0.128. The normalized spacial score (nSPS) is 27.3. The summed E-state index contributed by atoms with van der Waals surface area (Å²) in [5, 5.41) is 8.52. The van der Waals surface area contributed by atoms with Crippen LogP contribution < -0.4 is 26.2 Å². The van der Waals surface area contributed by atoms with Crippen molar-refractivity contribution in [2.75, 3.05) is 19.0 Å². The molecule has 0 spiro atoms. The number of fused-ring (bicyclic) bond motifs is 1. The van der Waals surface area contributed by atoms with E-state index in [-0.39, 0.29) is 42.2 Å². The summed E-state index contributed by atoms with van der Waals surface area (Å²) in [4.78, 5) is 37.5. The Morgan fingerprint density at radius 3 is 2.79 bits per heavy atom. The van der Waals surface area contributed by atoms with Crippen molar-refractivity contribution in [3.63, 3.8) is 0 Å². The van der Waals surface area contributed by atoms with Gasteiger partial charge < -0.3 is 15.4 Å². The van der Waals surface area contributed by atoms with E-state index in [9.17, 15) is 14.0 Å². The van der Waals surface area contributed by atoms with Crippen molar-refractivity contribution in [2.24, 2.45) is 11.8 Å². The van der Waals surface area contributed by atoms with Gasteiger partial charge in [0.1, 0.15) is 11.6 Å². The Morgan fingerprint density at radius 1 is 1.12 bits per heavy atom. The fourth-order valence-electron chi connectivity index (χ4n) is 6.90. The molecule has 43 heavy (non-hydrogen) atoms. The number of nitrogens with zero attached hydrogens (tertiary/aromatic N) is 3. The molecule has 4 unspecified atom stereocenters. The molecule has 0 bridgehead atoms. The number of halogens is 1. The highest BCUT2D eigenvalue weighted by Crippen LogP contribution is 2.40. The molecule has 228 valence electrons. The number of carbonyl (C=O) groups is 2. The minimum atomic E-state index is -0.503. The minimum Gasteiger partial charge on any atom is -0.496 e. The predicted octanol–water partition coefficient (Wildman–Crippen LogP) is 3.72. The molecule has 1 aromatic carbocycles. The van der Waals surface area contributed by atoms with Crippen molar-refractivity contribution in [2.45, 2.75) is 69.7 Å². The van der Waals surface area contributed by atoms with E-state index >= 15 is 0 Å². The zero-order valence-electron chi connectivity index (χ0n) is 24.4. The summed E-state index contributed by atoms with van der Waals surface area (Å²) < 4.78 is 20.4. The Balaban J connectivity index is 1.14. The summed E-state index contributed by atoms with van der Waals surface area (Å²) in [5.74, 6) is 0.0981. The number of likely N-dealkylation sites (tertiary alicyclic amines) is 1. The third-order valence-corrected chi connectivity index (χ3v) is 9.74. The van der Waals surface area contributed by atoms with E-state index < -0.39 is 6.04 Å². The van der Waals surface area contributed by atoms with Gasteiger partial charge in [-0.25, -0.2) is 14.8 Å². The summed E-state index contributed by atoms with van der Waals surface area (Å²) in [7, 11) is 1.51. The van der Waals surface area contributed by atoms with Crippen LogP contribution in [0.2, 0.25) is 0 Å². The van der Waals surface area contributed by atoms with Crippen LogP contribution in [0.25, 0.3) is 0 Å². The van der Waals surface area contributed by atoms with Crippen molar-refractivity contribution < 1.29 is 18.7 Å². The number of aromatic nitrogens is 2. The van der Waals surface area contributed by atoms with Gasteiger partial charge in [0.2, 0.25) is 11.8 Å². The number of thiazole rings is 1. The number of pyridine rings is 1. The molecule has 12 heteroatoms. The average molecular weight is 608 g/mol. The van der Waals surface area contributed by atoms with Crippen LogP contribution in [0, 0.1) is 24.6 Å². The minimum absolute atomic E-state index is 0.0501. The van der Waals surface area contributed by atoms with Gasteiger partial charge in [-0.15, -0.1) is 11.3 Å². The second-order valence-corrected chi connectivity index (χ2v) is 12.6. The lowest BCUT2D eigenvalue weighted by Gasteiger charge is -2.40. The first-order valence-corrected chi connectivity index (χ1v) is 15.8. The van der Waals surface area contributed by atoms with Gasteiger partial charge in [-0.3, -0.25) is 24.9 Å². The van der Waals surface area contributed by atoms with E-state index in [0.717, 1.165) is 25.0 Å². The molecule has 3 aliphatic rings. The van der Waals surface area contributed by atoms with Crippen LogP contribution in [0.3, 0.4) is 0 Å². The predicted molar refractivity (Wildman–Crippen MR) is 162 cm³/mol. The van der Waals surface area contributed by atoms with Crippen molar-refractivity contribution >= 4 is 28.3 Å². The number of hydrogen-bond donors (Lipinski definition) is 4. The lowest BCUT2D eigenvalue weighted by atomic mass is 9.74. The Hall–Kier alpha value is -3.45. The number of methoxy groups -OCH3 is 1. The van der Waals surface area contributed by atoms with E-state index in [2.05, 4.69) is 37.5 Å². The zero-order valence-corrected chi connectivity index (χ0v) is 25.2. The van der Waals surface area contributed by atoms with Crippen LogP contribution >= 0.6 is 11.3 Å². The standard InChI is InChI=1S/C31H38FN7O3S/c1-18-14-19(10-11-33-18)28-22-15-20(6-8-25(22)37-38-28)29(40)35-21-7-9-26(30(41)36-31-34-12-13-43-31)39(16-21)17-23-24(32)4-3-5-27(23)42-2/h3-5,10-14,20-22,25-26,28,37-38H,6-9,15-17H2,1-2H3,(H,35,40)(H,34,36,41)/t20?,21-,22?,25?,26+,28?/m1/s1. The van der Waals surface area contributed by atoms with Crippen molar-refractivity contribution in [1.82, 2.24) is 31.0 Å². The van der Waals surface area contributed by atoms with Crippen LogP contribution in [0.1, 0.15) is 55.0 Å². The summed E-state index contributed by atoms with van der Waals surface area (Å²) in [6.45, 7) is 2.58. The molecule has 6 atom stereocenters. The Morgan fingerprint density at radius 2 is 2.00 bits per heavy atom. The van der Waals surface area contributed by atoms with E-state index in [1.54, 1.807) is 23.7 Å². The number of amides is 2. The molecule has 4 heterocycles. The third kappa shape index (κ3) is 6.57. The molecular formula is C31H38FN7O3S. The quantitative estimate of drug-likeness (QED) is 0.306. The number of nitrogens with one attached hydrogen (secondary N) is 4. The Bertz CT molecular complexity index is 1440. The van der Waals surface area contributed by atoms with Crippen molar-refractivity contribution in [3.05, 3.63) is 70.7 Å². The number of hydrogen-bond acceptors (Lipinski definition) is 9. The molecule has 2 aromatic heterocycles. The van der Waals surface area contributed by atoms with Crippen LogP contribution in [-0.2, 0) is 16.1 Å². The second kappa shape index (κ2) is 13.0. The molecule has 1 saturated carbocycles. The van der Waals surface area contributed by atoms with E-state index in [0.29, 0.717) is 47.8 Å². The lowest BCUT2D eigenvalue weighted by Crippen LogP contribution is -2.56. The van der Waals surface area contributed by atoms with Gasteiger partial charge in [0.05, 0.1) is 19.2 Å². The van der Waals surface area contributed by atoms with Crippen LogP contribution in [-0.4, -0.2) is 58.5 Å². The monoisotopic (exact) mass is 607 g/mol. The summed E-state index contributed by atoms with van der Waals surface area (Å²) in [6.07, 6.45) is 7.15. The highest BCUT2D eigenvalue weighted by molar-refractivity contribution is 7.13. The summed E-state index contributed by atoms with van der Waals surface area (Å²) in [6, 6.07) is 8.65. The number of ether oxygens (including phenoxy) is 1. The van der Waals surface area contributed by atoms with Gasteiger partial charge in [0, 0.05) is 60.1 Å². The molecule has 3 aromatic rings. The molecule has 3 fully saturated rings. The maximum Gasteiger partial charge on any atom is 0.243 e. The van der Waals surface area contributed by atoms with Crippen molar-refractivity contribution in [3.8, 4) is 5.75 Å². The summed E-state index contributed by atoms with van der Waals surface area (Å²) >= 11 is 1.35. The topological polar surface area (TPSA) is 121 Å². The number of anilines is 1. The molecular weight excluding hydrogens is 569 g/mol. The number of carbonyl (C=O) groups excluding carboxylic acids is 2. The van der Waals surface area contributed by atoms with Crippen molar-refractivity contribution in [1.29, 1.82) is 0 Å². The highest BCUT2D eigenvalue weighted by Gasteiger charge is 2.43. The summed E-state index contributed by atoms with van der Waals surface area (Å²) in [5.41, 5.74) is 9.45. The first-order chi connectivity index (χ1) is 20.9.